The highest BCUT2D eigenvalue weighted by molar-refractivity contribution is 5.26. The molecule has 1 aromatic heterocycles. The van der Waals surface area contributed by atoms with Crippen molar-refractivity contribution in [2.24, 2.45) is 11.8 Å². The van der Waals surface area contributed by atoms with E-state index < -0.39 is 5.60 Å². The smallest absolute Gasteiger partial charge is 0.128 e. The van der Waals surface area contributed by atoms with Gasteiger partial charge in [-0.2, -0.15) is 0 Å². The minimum atomic E-state index is -0.854. The zero-order valence-electron chi connectivity index (χ0n) is 15.9. The fourth-order valence-electron chi connectivity index (χ4n) is 4.91. The van der Waals surface area contributed by atoms with E-state index in [1.807, 2.05) is 12.4 Å². The molecule has 0 radical (unpaired) electrons. The topological polar surface area (TPSA) is 49.2 Å². The summed E-state index contributed by atoms with van der Waals surface area (Å²) in [6.45, 7) is 4.80. The van der Waals surface area contributed by atoms with Crippen molar-refractivity contribution < 1.29 is 9.50 Å². The summed E-state index contributed by atoms with van der Waals surface area (Å²) in [6, 6.07) is 6.42. The van der Waals surface area contributed by atoms with Gasteiger partial charge in [0.25, 0.3) is 0 Å². The highest BCUT2D eigenvalue weighted by atomic mass is 19.1. The van der Waals surface area contributed by atoms with Crippen LogP contribution in [-0.2, 0) is 18.6 Å². The molecule has 0 spiro atoms. The van der Waals surface area contributed by atoms with Gasteiger partial charge in [-0.05, 0) is 49.3 Å². The lowest BCUT2D eigenvalue weighted by Gasteiger charge is -2.41. The molecule has 4 nitrogen and oxygen atoms in total. The van der Waals surface area contributed by atoms with Crippen molar-refractivity contribution in [3.8, 4) is 0 Å². The quantitative estimate of drug-likeness (QED) is 0.873. The molecule has 2 aromatic rings. The third kappa shape index (κ3) is 3.76. The summed E-state index contributed by atoms with van der Waals surface area (Å²) in [6.07, 6.45) is 8.75. The van der Waals surface area contributed by atoms with Gasteiger partial charge in [0.15, 0.2) is 0 Å². The molecule has 27 heavy (non-hydrogen) atoms. The molecule has 0 unspecified atom stereocenters. The number of aryl methyl sites for hydroxylation is 1. The SMILES string of the molecule is CCCc1ncc(CN2C[C@@H]3CCC[C@@](O)(c4ccc(F)cc4)[C@H]3C2)cn1. The average Bonchev–Trinajstić information content (AvgIpc) is 3.08. The summed E-state index contributed by atoms with van der Waals surface area (Å²) in [7, 11) is 0. The molecule has 5 heteroatoms. The monoisotopic (exact) mass is 369 g/mol. The van der Waals surface area contributed by atoms with Gasteiger partial charge < -0.3 is 5.11 Å². The number of likely N-dealkylation sites (tertiary alicyclic amines) is 1. The van der Waals surface area contributed by atoms with E-state index in [0.29, 0.717) is 5.92 Å². The van der Waals surface area contributed by atoms with Gasteiger partial charge in [-0.15, -0.1) is 0 Å². The first kappa shape index (κ1) is 18.5. The molecular weight excluding hydrogens is 341 g/mol. The second kappa shape index (κ2) is 7.64. The molecule has 3 atom stereocenters. The lowest BCUT2D eigenvalue weighted by molar-refractivity contribution is -0.0648. The third-order valence-electron chi connectivity index (χ3n) is 6.25. The molecule has 4 rings (SSSR count). The van der Waals surface area contributed by atoms with Crippen LogP contribution in [0.5, 0.6) is 0 Å². The number of fused-ring (bicyclic) bond motifs is 1. The van der Waals surface area contributed by atoms with E-state index in [2.05, 4.69) is 21.8 Å². The molecule has 144 valence electrons. The maximum Gasteiger partial charge on any atom is 0.128 e. The van der Waals surface area contributed by atoms with Gasteiger partial charge in [0.2, 0.25) is 0 Å². The van der Waals surface area contributed by atoms with Crippen LogP contribution >= 0.6 is 0 Å². The van der Waals surface area contributed by atoms with Gasteiger partial charge >= 0.3 is 0 Å². The average molecular weight is 369 g/mol. The first-order chi connectivity index (χ1) is 13.1. The highest BCUT2D eigenvalue weighted by Crippen LogP contribution is 2.48. The largest absolute Gasteiger partial charge is 0.385 e. The Balaban J connectivity index is 1.48. The number of halogens is 1. The second-order valence-electron chi connectivity index (χ2n) is 8.14. The van der Waals surface area contributed by atoms with Crippen LogP contribution in [-0.4, -0.2) is 33.1 Å². The van der Waals surface area contributed by atoms with Crippen molar-refractivity contribution in [3.05, 3.63) is 59.4 Å². The van der Waals surface area contributed by atoms with Crippen LogP contribution in [0.15, 0.2) is 36.7 Å². The van der Waals surface area contributed by atoms with E-state index in [1.165, 1.54) is 12.1 Å². The minimum absolute atomic E-state index is 0.192. The summed E-state index contributed by atoms with van der Waals surface area (Å²) in [4.78, 5) is 11.3. The molecular formula is C22H28FN3O. The molecule has 1 saturated heterocycles. The van der Waals surface area contributed by atoms with Crippen LogP contribution in [0.3, 0.4) is 0 Å². The Morgan fingerprint density at radius 2 is 1.93 bits per heavy atom. The highest BCUT2D eigenvalue weighted by Gasteiger charge is 2.49. The van der Waals surface area contributed by atoms with Crippen LogP contribution in [0, 0.1) is 17.7 Å². The Bertz CT molecular complexity index is 764. The van der Waals surface area contributed by atoms with Gasteiger partial charge in [-0.1, -0.05) is 19.1 Å². The van der Waals surface area contributed by atoms with Crippen molar-refractivity contribution in [1.82, 2.24) is 14.9 Å². The number of rotatable bonds is 5. The van der Waals surface area contributed by atoms with Crippen molar-refractivity contribution in [2.45, 2.75) is 51.2 Å². The Labute approximate surface area is 160 Å². The lowest BCUT2D eigenvalue weighted by atomic mass is 9.67. The number of hydrogen-bond donors (Lipinski definition) is 1. The van der Waals surface area contributed by atoms with Crippen LogP contribution in [0.2, 0.25) is 0 Å². The summed E-state index contributed by atoms with van der Waals surface area (Å²) >= 11 is 0. The van der Waals surface area contributed by atoms with Gasteiger partial charge in [-0.25, -0.2) is 14.4 Å². The van der Waals surface area contributed by atoms with Gasteiger partial charge in [0.1, 0.15) is 11.6 Å². The predicted molar refractivity (Wildman–Crippen MR) is 102 cm³/mol. The molecule has 2 fully saturated rings. The number of hydrogen-bond acceptors (Lipinski definition) is 4. The van der Waals surface area contributed by atoms with Crippen LogP contribution in [0.4, 0.5) is 4.39 Å². The molecule has 2 aliphatic rings. The van der Waals surface area contributed by atoms with Gasteiger partial charge in [0, 0.05) is 49.9 Å². The second-order valence-corrected chi connectivity index (χ2v) is 8.14. The fraction of sp³-hybridized carbons (Fsp3) is 0.545. The Morgan fingerprint density at radius 3 is 2.63 bits per heavy atom. The molecule has 1 aliphatic heterocycles. The van der Waals surface area contributed by atoms with E-state index >= 15 is 0 Å². The van der Waals surface area contributed by atoms with Gasteiger partial charge in [0.05, 0.1) is 5.60 Å². The number of aromatic nitrogens is 2. The summed E-state index contributed by atoms with van der Waals surface area (Å²) < 4.78 is 13.3. The van der Waals surface area contributed by atoms with E-state index in [1.54, 1.807) is 12.1 Å². The molecule has 1 aliphatic carbocycles. The molecule has 2 heterocycles. The first-order valence-corrected chi connectivity index (χ1v) is 10.1. The van der Waals surface area contributed by atoms with Crippen LogP contribution < -0.4 is 0 Å². The maximum atomic E-state index is 13.3. The minimum Gasteiger partial charge on any atom is -0.385 e. The van der Waals surface area contributed by atoms with Crippen LogP contribution in [0.25, 0.3) is 0 Å². The zero-order valence-corrected chi connectivity index (χ0v) is 15.9. The van der Waals surface area contributed by atoms with E-state index in [9.17, 15) is 9.50 Å². The zero-order chi connectivity index (χ0) is 18.9. The molecule has 1 saturated carbocycles. The fourth-order valence-corrected chi connectivity index (χ4v) is 4.91. The molecule has 1 aromatic carbocycles. The first-order valence-electron chi connectivity index (χ1n) is 10.1. The Morgan fingerprint density at radius 1 is 1.19 bits per heavy atom. The Kier molecular flexibility index (Phi) is 5.24. The standard InChI is InChI=1S/C22H28FN3O/c1-2-4-21-24-11-16(12-25-21)13-26-14-17-5-3-10-22(27,20(17)15-26)18-6-8-19(23)9-7-18/h6-9,11-12,17,20,27H,2-5,10,13-15H2,1H3/t17-,20-,22+/m0/s1. The predicted octanol–water partition coefficient (Wildman–Crippen LogP) is 3.69. The van der Waals surface area contributed by atoms with E-state index in [0.717, 1.165) is 68.7 Å². The van der Waals surface area contributed by atoms with Crippen molar-refractivity contribution in [2.75, 3.05) is 13.1 Å². The van der Waals surface area contributed by atoms with Crippen molar-refractivity contribution in [3.63, 3.8) is 0 Å². The van der Waals surface area contributed by atoms with E-state index in [-0.39, 0.29) is 11.7 Å². The van der Waals surface area contributed by atoms with Crippen molar-refractivity contribution >= 4 is 0 Å². The third-order valence-corrected chi connectivity index (χ3v) is 6.25. The summed E-state index contributed by atoms with van der Waals surface area (Å²) in [5.74, 6) is 1.32. The Hall–Kier alpha value is -1.85. The van der Waals surface area contributed by atoms with Gasteiger partial charge in [-0.3, -0.25) is 4.90 Å². The molecule has 0 bridgehead atoms. The summed E-state index contributed by atoms with van der Waals surface area (Å²) in [5, 5.41) is 11.5. The van der Waals surface area contributed by atoms with Crippen molar-refractivity contribution in [1.29, 1.82) is 0 Å². The summed E-state index contributed by atoms with van der Waals surface area (Å²) in [5.41, 5.74) is 1.12. The number of nitrogens with zero attached hydrogens (tertiary/aromatic N) is 3. The number of benzene rings is 1. The molecule has 1 N–H and O–H groups in total. The lowest BCUT2D eigenvalue weighted by Crippen LogP contribution is -2.42. The number of aliphatic hydroxyl groups is 1. The molecule has 0 amide bonds. The van der Waals surface area contributed by atoms with E-state index in [4.69, 9.17) is 0 Å². The maximum absolute atomic E-state index is 13.3. The normalized spacial score (nSPS) is 28.3. The van der Waals surface area contributed by atoms with Crippen LogP contribution in [0.1, 0.15) is 49.6 Å².